The fourth-order valence-corrected chi connectivity index (χ4v) is 0.200. The zero-order valence-electron chi connectivity index (χ0n) is 5.31. The standard InChI is InChI=1S/C5H11N3/c1-4-5(2)7-8-6-3/h2,4H2,1,3H3,(H,6,7). The quantitative estimate of drug-likeness (QED) is 0.437. The Balaban J connectivity index is 3.25. The first-order valence-corrected chi connectivity index (χ1v) is 2.54. The molecule has 0 aliphatic heterocycles. The van der Waals surface area contributed by atoms with Crippen molar-refractivity contribution in [1.82, 2.24) is 5.43 Å². The summed E-state index contributed by atoms with van der Waals surface area (Å²) >= 11 is 0. The lowest BCUT2D eigenvalue weighted by molar-refractivity contribution is 0.770. The highest BCUT2D eigenvalue weighted by Crippen LogP contribution is 1.88. The molecule has 0 saturated heterocycles. The average Bonchev–Trinajstić information content (AvgIpc) is 1.83. The Bertz CT molecular complexity index is 95.8. The summed E-state index contributed by atoms with van der Waals surface area (Å²) in [7, 11) is 1.61. The van der Waals surface area contributed by atoms with E-state index >= 15 is 0 Å². The van der Waals surface area contributed by atoms with E-state index in [9.17, 15) is 0 Å². The van der Waals surface area contributed by atoms with E-state index in [1.165, 1.54) is 0 Å². The molecule has 0 aliphatic carbocycles. The van der Waals surface area contributed by atoms with Gasteiger partial charge in [-0.2, -0.15) is 5.11 Å². The van der Waals surface area contributed by atoms with Gasteiger partial charge in [-0.25, -0.2) is 0 Å². The van der Waals surface area contributed by atoms with E-state index in [-0.39, 0.29) is 0 Å². The van der Waals surface area contributed by atoms with Crippen LogP contribution in [0.25, 0.3) is 0 Å². The van der Waals surface area contributed by atoms with Crippen LogP contribution in [0.3, 0.4) is 0 Å². The topological polar surface area (TPSA) is 36.8 Å². The minimum absolute atomic E-state index is 0.885. The van der Waals surface area contributed by atoms with E-state index in [1.54, 1.807) is 7.05 Å². The number of rotatable bonds is 3. The second-order valence-electron chi connectivity index (χ2n) is 1.37. The van der Waals surface area contributed by atoms with Crippen LogP contribution in [0.4, 0.5) is 0 Å². The number of hydrogen-bond acceptors (Lipinski definition) is 2. The number of hydrogen-bond donors (Lipinski definition) is 1. The van der Waals surface area contributed by atoms with Crippen molar-refractivity contribution in [1.29, 1.82) is 0 Å². The average molecular weight is 113 g/mol. The second kappa shape index (κ2) is 4.30. The molecule has 0 saturated carbocycles. The summed E-state index contributed by atoms with van der Waals surface area (Å²) in [5.74, 6) is 0. The summed E-state index contributed by atoms with van der Waals surface area (Å²) in [6.07, 6.45) is 0.888. The normalized spacial score (nSPS) is 9.75. The lowest BCUT2D eigenvalue weighted by Crippen LogP contribution is -2.00. The van der Waals surface area contributed by atoms with Crippen LogP contribution >= 0.6 is 0 Å². The van der Waals surface area contributed by atoms with Gasteiger partial charge in [0.15, 0.2) is 0 Å². The lowest BCUT2D eigenvalue weighted by Gasteiger charge is -1.95. The van der Waals surface area contributed by atoms with Gasteiger partial charge >= 0.3 is 0 Å². The summed E-state index contributed by atoms with van der Waals surface area (Å²) in [5, 5.41) is 6.99. The molecule has 0 spiro atoms. The lowest BCUT2D eigenvalue weighted by atomic mass is 10.4. The van der Waals surface area contributed by atoms with Crippen LogP contribution in [0, 0.1) is 0 Å². The van der Waals surface area contributed by atoms with Gasteiger partial charge in [-0.05, 0) is 6.42 Å². The number of nitrogens with one attached hydrogen (secondary N) is 1. The molecule has 0 aromatic carbocycles. The maximum absolute atomic E-state index is 3.65. The van der Waals surface area contributed by atoms with E-state index in [0.717, 1.165) is 12.1 Å². The summed E-state index contributed by atoms with van der Waals surface area (Å²) in [5.41, 5.74) is 3.53. The predicted octanol–water partition coefficient (Wildman–Crippen LogP) is 1.50. The van der Waals surface area contributed by atoms with Crippen LogP contribution in [0.1, 0.15) is 13.3 Å². The Morgan fingerprint density at radius 3 is 2.75 bits per heavy atom. The van der Waals surface area contributed by atoms with E-state index < -0.39 is 0 Å². The van der Waals surface area contributed by atoms with Gasteiger partial charge in [-0.15, -0.1) is 0 Å². The summed E-state index contributed by atoms with van der Waals surface area (Å²) in [4.78, 5) is 0. The second-order valence-corrected chi connectivity index (χ2v) is 1.37. The molecule has 0 heterocycles. The van der Waals surface area contributed by atoms with E-state index in [2.05, 4.69) is 22.3 Å². The third-order valence-electron chi connectivity index (χ3n) is 0.735. The summed E-state index contributed by atoms with van der Waals surface area (Å²) in [6.45, 7) is 5.65. The van der Waals surface area contributed by atoms with Gasteiger partial charge < -0.3 is 0 Å². The van der Waals surface area contributed by atoms with Crippen LogP contribution < -0.4 is 5.43 Å². The molecule has 8 heavy (non-hydrogen) atoms. The highest BCUT2D eigenvalue weighted by Gasteiger charge is 1.80. The molecule has 0 radical (unpaired) electrons. The molecular formula is C5H11N3. The largest absolute Gasteiger partial charge is 0.265 e. The highest BCUT2D eigenvalue weighted by molar-refractivity contribution is 4.86. The number of allylic oxidation sites excluding steroid dienone is 1. The smallest absolute Gasteiger partial charge is 0.0509 e. The molecule has 46 valence electrons. The Hall–Kier alpha value is -0.860. The molecular weight excluding hydrogens is 102 g/mol. The molecule has 0 aliphatic rings. The van der Waals surface area contributed by atoms with Gasteiger partial charge in [-0.1, -0.05) is 18.7 Å². The Morgan fingerprint density at radius 1 is 1.75 bits per heavy atom. The number of nitrogens with zero attached hydrogens (tertiary/aromatic N) is 2. The predicted molar refractivity (Wildman–Crippen MR) is 33.3 cm³/mol. The van der Waals surface area contributed by atoms with Gasteiger partial charge in [0.05, 0.1) is 7.05 Å². The van der Waals surface area contributed by atoms with Crippen molar-refractivity contribution in [2.24, 2.45) is 10.3 Å². The third-order valence-corrected chi connectivity index (χ3v) is 0.735. The first-order valence-electron chi connectivity index (χ1n) is 2.54. The van der Waals surface area contributed by atoms with Crippen molar-refractivity contribution in [2.75, 3.05) is 7.05 Å². The fraction of sp³-hybridized carbons (Fsp3) is 0.600. The van der Waals surface area contributed by atoms with Crippen molar-refractivity contribution in [2.45, 2.75) is 13.3 Å². The van der Waals surface area contributed by atoms with Crippen molar-refractivity contribution < 1.29 is 0 Å². The van der Waals surface area contributed by atoms with E-state index in [1.807, 2.05) is 6.92 Å². The zero-order valence-corrected chi connectivity index (χ0v) is 5.31. The Kier molecular flexibility index (Phi) is 3.84. The van der Waals surface area contributed by atoms with E-state index in [4.69, 9.17) is 0 Å². The zero-order chi connectivity index (χ0) is 6.41. The van der Waals surface area contributed by atoms with E-state index in [0.29, 0.717) is 0 Å². The maximum Gasteiger partial charge on any atom is 0.0509 e. The minimum atomic E-state index is 0.885. The fourth-order valence-electron chi connectivity index (χ4n) is 0.200. The van der Waals surface area contributed by atoms with Crippen LogP contribution in [-0.4, -0.2) is 7.05 Å². The summed E-state index contributed by atoms with van der Waals surface area (Å²) < 4.78 is 0. The minimum Gasteiger partial charge on any atom is -0.265 e. The van der Waals surface area contributed by atoms with Crippen LogP contribution in [0.5, 0.6) is 0 Å². The van der Waals surface area contributed by atoms with Crippen molar-refractivity contribution >= 4 is 0 Å². The van der Waals surface area contributed by atoms with Gasteiger partial charge in [-0.3, -0.25) is 5.43 Å². The van der Waals surface area contributed by atoms with Crippen LogP contribution in [-0.2, 0) is 0 Å². The monoisotopic (exact) mass is 113 g/mol. The highest BCUT2D eigenvalue weighted by atomic mass is 15.4. The molecule has 1 N–H and O–H groups in total. The van der Waals surface area contributed by atoms with Gasteiger partial charge in [0.2, 0.25) is 0 Å². The molecule has 0 rings (SSSR count). The van der Waals surface area contributed by atoms with Crippen molar-refractivity contribution in [3.8, 4) is 0 Å². The van der Waals surface area contributed by atoms with Gasteiger partial charge in [0, 0.05) is 5.70 Å². The molecule has 0 aromatic heterocycles. The first-order chi connectivity index (χ1) is 3.81. The maximum atomic E-state index is 3.65. The Labute approximate surface area is 49.5 Å². The van der Waals surface area contributed by atoms with Crippen LogP contribution in [0.15, 0.2) is 22.6 Å². The molecule has 3 nitrogen and oxygen atoms in total. The SMILES string of the molecule is C=C(CC)NN=NC. The molecule has 0 amide bonds. The van der Waals surface area contributed by atoms with Crippen molar-refractivity contribution in [3.05, 3.63) is 12.3 Å². The molecule has 0 aromatic rings. The molecule has 0 unspecified atom stereocenters. The molecule has 0 bridgehead atoms. The third kappa shape index (κ3) is 3.33. The Morgan fingerprint density at radius 2 is 2.38 bits per heavy atom. The molecule has 0 fully saturated rings. The molecule has 0 atom stereocenters. The van der Waals surface area contributed by atoms with Crippen molar-refractivity contribution in [3.63, 3.8) is 0 Å². The van der Waals surface area contributed by atoms with Crippen LogP contribution in [0.2, 0.25) is 0 Å². The molecule has 3 heteroatoms. The van der Waals surface area contributed by atoms with Gasteiger partial charge in [0.1, 0.15) is 0 Å². The summed E-state index contributed by atoms with van der Waals surface area (Å²) in [6, 6.07) is 0. The van der Waals surface area contributed by atoms with Gasteiger partial charge in [0.25, 0.3) is 0 Å². The first kappa shape index (κ1) is 7.14.